The van der Waals surface area contributed by atoms with Crippen molar-refractivity contribution in [3.63, 3.8) is 0 Å². The van der Waals surface area contributed by atoms with Crippen LogP contribution >= 0.6 is 0 Å². The van der Waals surface area contributed by atoms with Crippen LogP contribution in [0.25, 0.3) is 22.3 Å². The minimum Gasteiger partial charge on any atom is -0.285 e. The third-order valence-corrected chi connectivity index (χ3v) is 5.63. The fourth-order valence-electron chi connectivity index (χ4n) is 3.93. The van der Waals surface area contributed by atoms with E-state index in [4.69, 9.17) is 0 Å². The summed E-state index contributed by atoms with van der Waals surface area (Å²) in [5.74, 6) is -2.23. The van der Waals surface area contributed by atoms with E-state index in [1.807, 2.05) is 0 Å². The molecule has 32 heavy (non-hydrogen) atoms. The van der Waals surface area contributed by atoms with Gasteiger partial charge in [0.2, 0.25) is 23.1 Å². The maximum Gasteiger partial charge on any atom is 0.233 e. The van der Waals surface area contributed by atoms with E-state index in [1.165, 1.54) is 0 Å². The Hall–Kier alpha value is -4.44. The molecule has 0 aliphatic heterocycles. The van der Waals surface area contributed by atoms with Crippen LogP contribution in [0.5, 0.6) is 0 Å². The van der Waals surface area contributed by atoms with Gasteiger partial charge in [0.05, 0.1) is 0 Å². The van der Waals surface area contributed by atoms with Crippen LogP contribution in [0.4, 0.5) is 0 Å². The number of hydrogen-bond acceptors (Lipinski definition) is 4. The van der Waals surface area contributed by atoms with Crippen molar-refractivity contribution in [2.75, 3.05) is 0 Å². The van der Waals surface area contributed by atoms with Gasteiger partial charge in [-0.15, -0.1) is 0 Å². The molecular weight excluding hydrogens is 400 g/mol. The van der Waals surface area contributed by atoms with Gasteiger partial charge in [-0.1, -0.05) is 84.9 Å². The highest BCUT2D eigenvalue weighted by Gasteiger charge is 2.28. The zero-order valence-corrected chi connectivity index (χ0v) is 16.9. The van der Waals surface area contributed by atoms with Gasteiger partial charge >= 0.3 is 0 Å². The van der Waals surface area contributed by atoms with Crippen molar-refractivity contribution in [1.82, 2.24) is 0 Å². The first-order valence-electron chi connectivity index (χ1n) is 10.1. The molecular formula is C28H16O4. The monoisotopic (exact) mass is 416 g/mol. The van der Waals surface area contributed by atoms with Gasteiger partial charge in [-0.25, -0.2) is 0 Å². The van der Waals surface area contributed by atoms with E-state index in [0.717, 1.165) is 22.3 Å². The maximum atomic E-state index is 12.7. The van der Waals surface area contributed by atoms with Crippen molar-refractivity contribution in [3.05, 3.63) is 119 Å². The Bertz CT molecular complexity index is 1290. The molecule has 4 aromatic rings. The molecule has 0 saturated carbocycles. The molecule has 4 aromatic carbocycles. The molecule has 0 radical (unpaired) electrons. The number of carbonyl (C=O) groups excluding carboxylic acids is 4. The zero-order valence-electron chi connectivity index (χ0n) is 16.9. The summed E-state index contributed by atoms with van der Waals surface area (Å²) in [7, 11) is 0. The largest absolute Gasteiger partial charge is 0.285 e. The first-order valence-corrected chi connectivity index (χ1v) is 10.1. The van der Waals surface area contributed by atoms with E-state index >= 15 is 0 Å². The van der Waals surface area contributed by atoms with Gasteiger partial charge < -0.3 is 0 Å². The van der Waals surface area contributed by atoms with Gasteiger partial charge in [0.15, 0.2) is 0 Å². The maximum absolute atomic E-state index is 12.7. The Morgan fingerprint density at radius 1 is 0.344 bits per heavy atom. The molecule has 0 amide bonds. The van der Waals surface area contributed by atoms with E-state index in [1.54, 1.807) is 97.1 Å². The second-order valence-corrected chi connectivity index (χ2v) is 7.57. The molecule has 1 aliphatic rings. The van der Waals surface area contributed by atoms with Crippen LogP contribution in [-0.4, -0.2) is 23.1 Å². The minimum atomic E-state index is -0.562. The molecule has 0 unspecified atom stereocenters. The summed E-state index contributed by atoms with van der Waals surface area (Å²) in [4.78, 5) is 50.3. The van der Waals surface area contributed by atoms with Gasteiger partial charge in [-0.2, -0.15) is 0 Å². The van der Waals surface area contributed by atoms with E-state index in [-0.39, 0.29) is 0 Å². The third-order valence-electron chi connectivity index (χ3n) is 5.63. The number of benzene rings is 4. The summed E-state index contributed by atoms with van der Waals surface area (Å²) >= 11 is 0. The molecule has 152 valence electrons. The molecule has 0 bridgehead atoms. The smallest absolute Gasteiger partial charge is 0.233 e. The highest BCUT2D eigenvalue weighted by atomic mass is 16.2. The van der Waals surface area contributed by atoms with Crippen LogP contribution in [0.15, 0.2) is 97.1 Å². The van der Waals surface area contributed by atoms with Crippen molar-refractivity contribution in [2.45, 2.75) is 0 Å². The summed E-state index contributed by atoms with van der Waals surface area (Å²) in [5, 5.41) is 0. The van der Waals surface area contributed by atoms with Crippen LogP contribution < -0.4 is 0 Å². The molecule has 5 rings (SSSR count). The first-order chi connectivity index (χ1) is 15.5. The van der Waals surface area contributed by atoms with Gasteiger partial charge in [-0.05, 0) is 34.4 Å². The van der Waals surface area contributed by atoms with E-state index < -0.39 is 23.1 Å². The lowest BCUT2D eigenvalue weighted by Gasteiger charge is -2.25. The number of rotatable bonds is 6. The molecule has 0 spiro atoms. The van der Waals surface area contributed by atoms with Gasteiger partial charge in [0.1, 0.15) is 0 Å². The van der Waals surface area contributed by atoms with Crippen LogP contribution in [0.3, 0.4) is 0 Å². The van der Waals surface area contributed by atoms with Crippen molar-refractivity contribution < 1.29 is 19.2 Å². The summed E-state index contributed by atoms with van der Waals surface area (Å²) in [6.45, 7) is 0. The SMILES string of the molecule is O=C(C(=O)c1ccc2c(c1)-c1ccc(C(=O)C(=O)c3ccccc3)cc1-2)c1ccccc1. The lowest BCUT2D eigenvalue weighted by molar-refractivity contribution is 0.0817. The fraction of sp³-hybridized carbons (Fsp3) is 0. The third kappa shape index (κ3) is 3.19. The van der Waals surface area contributed by atoms with Crippen molar-refractivity contribution in [2.24, 2.45) is 0 Å². The molecule has 0 fully saturated rings. The van der Waals surface area contributed by atoms with Crippen molar-refractivity contribution in [3.8, 4) is 22.3 Å². The summed E-state index contributed by atoms with van der Waals surface area (Å²) in [6, 6.07) is 27.1. The molecule has 0 aromatic heterocycles. The lowest BCUT2D eigenvalue weighted by atomic mass is 9.78. The van der Waals surface area contributed by atoms with E-state index in [0.29, 0.717) is 22.3 Å². The Morgan fingerprint density at radius 3 is 1.06 bits per heavy atom. The summed E-state index contributed by atoms with van der Waals surface area (Å²) in [5.41, 5.74) is 4.81. The average molecular weight is 416 g/mol. The molecule has 0 heterocycles. The van der Waals surface area contributed by atoms with Gasteiger partial charge in [-0.3, -0.25) is 19.2 Å². The molecule has 4 heteroatoms. The number of hydrogen-bond donors (Lipinski definition) is 0. The predicted octanol–water partition coefficient (Wildman–Crippen LogP) is 5.47. The Labute approximate surface area is 184 Å². The molecule has 1 aliphatic carbocycles. The molecule has 4 nitrogen and oxygen atoms in total. The fourth-order valence-corrected chi connectivity index (χ4v) is 3.93. The number of ketones is 4. The number of carbonyl (C=O) groups is 4. The van der Waals surface area contributed by atoms with Crippen molar-refractivity contribution in [1.29, 1.82) is 0 Å². The number of fused-ring (bicyclic) bond motifs is 4. The lowest BCUT2D eigenvalue weighted by Crippen LogP contribution is -2.16. The summed E-state index contributed by atoms with van der Waals surface area (Å²) in [6.07, 6.45) is 0. The molecule has 0 N–H and O–H groups in total. The van der Waals surface area contributed by atoms with Crippen LogP contribution in [-0.2, 0) is 0 Å². The second-order valence-electron chi connectivity index (χ2n) is 7.57. The van der Waals surface area contributed by atoms with Gasteiger partial charge in [0.25, 0.3) is 0 Å². The molecule has 0 saturated heterocycles. The molecule has 0 atom stereocenters. The van der Waals surface area contributed by atoms with Crippen LogP contribution in [0.2, 0.25) is 0 Å². The summed E-state index contributed by atoms with van der Waals surface area (Å²) < 4.78 is 0. The van der Waals surface area contributed by atoms with Gasteiger partial charge in [0, 0.05) is 22.3 Å². The predicted molar refractivity (Wildman–Crippen MR) is 121 cm³/mol. The van der Waals surface area contributed by atoms with E-state index in [2.05, 4.69) is 0 Å². The second kappa shape index (κ2) is 7.67. The van der Waals surface area contributed by atoms with Crippen molar-refractivity contribution >= 4 is 23.1 Å². The Morgan fingerprint density at radius 2 is 0.688 bits per heavy atom. The minimum absolute atomic E-state index is 0.322. The number of Topliss-reactive ketones (excluding diaryl/α,β-unsaturated/α-hetero) is 4. The van der Waals surface area contributed by atoms with E-state index in [9.17, 15) is 19.2 Å². The quantitative estimate of drug-likeness (QED) is 0.272. The van der Waals surface area contributed by atoms with Crippen LogP contribution in [0, 0.1) is 0 Å². The normalized spacial score (nSPS) is 11.0. The average Bonchev–Trinajstić information content (AvgIpc) is 2.86. The first kappa shape index (κ1) is 19.5. The van der Waals surface area contributed by atoms with Crippen LogP contribution in [0.1, 0.15) is 41.4 Å². The topological polar surface area (TPSA) is 68.3 Å². The Kier molecular flexibility index (Phi) is 4.68. The standard InChI is InChI=1S/C28H16O4/c29-25(17-7-3-1-4-8-17)27(31)19-11-13-21-23(15-19)22-14-12-20(16-24(21)22)28(32)26(30)18-9-5-2-6-10-18/h1-16H. The zero-order chi connectivity index (χ0) is 22.2. The highest BCUT2D eigenvalue weighted by Crippen LogP contribution is 2.47. The Balaban J connectivity index is 1.41. The highest BCUT2D eigenvalue weighted by molar-refractivity contribution is 6.50.